The number of aryl methyl sites for hydroxylation is 1. The third-order valence-corrected chi connectivity index (χ3v) is 4.78. The van der Waals surface area contributed by atoms with Gasteiger partial charge in [-0.1, -0.05) is 6.07 Å². The highest BCUT2D eigenvalue weighted by Gasteiger charge is 2.28. The molecule has 0 aromatic heterocycles. The van der Waals surface area contributed by atoms with Crippen LogP contribution in [-0.2, 0) is 4.74 Å². The van der Waals surface area contributed by atoms with Crippen molar-refractivity contribution in [1.82, 2.24) is 4.90 Å². The van der Waals surface area contributed by atoms with Gasteiger partial charge in [0.25, 0.3) is 5.91 Å². The molecule has 2 rings (SSSR count). The number of methoxy groups -OCH3 is 1. The van der Waals surface area contributed by atoms with E-state index in [9.17, 15) is 4.79 Å². The zero-order chi connectivity index (χ0) is 14.5. The van der Waals surface area contributed by atoms with Gasteiger partial charge in [0, 0.05) is 36.7 Å². The third kappa shape index (κ3) is 3.46. The molecule has 1 saturated heterocycles. The zero-order valence-electron chi connectivity index (χ0n) is 12.1. The minimum atomic E-state index is 0.0688. The number of anilines is 1. The van der Waals surface area contributed by atoms with Crippen molar-refractivity contribution in [1.29, 1.82) is 0 Å². The fourth-order valence-electron chi connectivity index (χ4n) is 2.43. The Morgan fingerprint density at radius 3 is 3.00 bits per heavy atom. The van der Waals surface area contributed by atoms with Gasteiger partial charge in [-0.05, 0) is 36.8 Å². The summed E-state index contributed by atoms with van der Waals surface area (Å²) in [5.74, 6) is 2.20. The van der Waals surface area contributed by atoms with Crippen molar-refractivity contribution < 1.29 is 9.53 Å². The minimum absolute atomic E-state index is 0.0688. The van der Waals surface area contributed by atoms with E-state index in [0.29, 0.717) is 30.4 Å². The summed E-state index contributed by atoms with van der Waals surface area (Å²) in [6.07, 6.45) is 1.06. The van der Waals surface area contributed by atoms with Crippen LogP contribution in [-0.4, -0.2) is 48.6 Å². The Morgan fingerprint density at radius 1 is 1.55 bits per heavy atom. The fraction of sp³-hybridized carbons (Fsp3) is 0.533. The van der Waals surface area contributed by atoms with Crippen molar-refractivity contribution in [2.75, 3.05) is 37.5 Å². The second kappa shape index (κ2) is 6.99. The number of rotatable bonds is 5. The van der Waals surface area contributed by atoms with Gasteiger partial charge in [-0.3, -0.25) is 4.79 Å². The Kier molecular flexibility index (Phi) is 5.31. The molecule has 1 aromatic carbocycles. The summed E-state index contributed by atoms with van der Waals surface area (Å²) >= 11 is 1.90. The molecule has 1 aromatic rings. The summed E-state index contributed by atoms with van der Waals surface area (Å²) in [6.45, 7) is 3.15. The molecule has 0 spiro atoms. The quantitative estimate of drug-likeness (QED) is 0.846. The first-order valence-corrected chi connectivity index (χ1v) is 8.02. The van der Waals surface area contributed by atoms with E-state index in [2.05, 4.69) is 0 Å². The summed E-state index contributed by atoms with van der Waals surface area (Å²) in [5.41, 5.74) is 8.13. The number of carbonyl (C=O) groups is 1. The highest BCUT2D eigenvalue weighted by Crippen LogP contribution is 2.25. The van der Waals surface area contributed by atoms with E-state index >= 15 is 0 Å². The van der Waals surface area contributed by atoms with Crippen LogP contribution in [0.25, 0.3) is 0 Å². The van der Waals surface area contributed by atoms with E-state index in [-0.39, 0.29) is 5.91 Å². The monoisotopic (exact) mass is 294 g/mol. The second-order valence-electron chi connectivity index (χ2n) is 5.08. The third-order valence-electron chi connectivity index (χ3n) is 3.64. The summed E-state index contributed by atoms with van der Waals surface area (Å²) in [7, 11) is 1.66. The molecule has 0 aliphatic carbocycles. The Balaban J connectivity index is 2.22. The van der Waals surface area contributed by atoms with Crippen molar-refractivity contribution in [3.63, 3.8) is 0 Å². The van der Waals surface area contributed by atoms with Crippen LogP contribution in [0.4, 0.5) is 5.69 Å². The molecule has 1 aliphatic heterocycles. The van der Waals surface area contributed by atoms with E-state index < -0.39 is 0 Å². The second-order valence-corrected chi connectivity index (χ2v) is 6.23. The molecule has 1 fully saturated rings. The number of nitrogens with two attached hydrogens (primary N) is 1. The molecule has 1 heterocycles. The number of carbonyl (C=O) groups excluding carboxylic acids is 1. The number of benzene rings is 1. The molecule has 2 N–H and O–H groups in total. The molecule has 4 nitrogen and oxygen atoms in total. The molecule has 0 saturated carbocycles. The van der Waals surface area contributed by atoms with Gasteiger partial charge in [0.2, 0.25) is 0 Å². The van der Waals surface area contributed by atoms with Gasteiger partial charge in [-0.2, -0.15) is 11.8 Å². The highest BCUT2D eigenvalue weighted by molar-refractivity contribution is 7.99. The Bertz CT molecular complexity index is 473. The maximum absolute atomic E-state index is 12.8. The normalized spacial score (nSPS) is 18.2. The molecule has 1 amide bonds. The Morgan fingerprint density at radius 2 is 2.35 bits per heavy atom. The van der Waals surface area contributed by atoms with Crippen molar-refractivity contribution in [2.24, 2.45) is 0 Å². The molecule has 1 unspecified atom stereocenters. The van der Waals surface area contributed by atoms with Crippen LogP contribution in [0.5, 0.6) is 0 Å². The van der Waals surface area contributed by atoms with E-state index in [4.69, 9.17) is 10.5 Å². The topological polar surface area (TPSA) is 55.6 Å². The highest BCUT2D eigenvalue weighted by atomic mass is 32.2. The van der Waals surface area contributed by atoms with E-state index in [0.717, 1.165) is 23.5 Å². The lowest BCUT2D eigenvalue weighted by Gasteiger charge is -2.29. The van der Waals surface area contributed by atoms with Gasteiger partial charge in [0.15, 0.2) is 0 Å². The number of thioether (sulfide) groups is 1. The first kappa shape index (κ1) is 15.2. The molecule has 1 atom stereocenters. The molecule has 1 aliphatic rings. The molecule has 110 valence electrons. The Hall–Kier alpha value is -1.20. The van der Waals surface area contributed by atoms with Crippen LogP contribution in [0.1, 0.15) is 22.3 Å². The fourth-order valence-corrected chi connectivity index (χ4v) is 3.66. The van der Waals surface area contributed by atoms with Gasteiger partial charge >= 0.3 is 0 Å². The van der Waals surface area contributed by atoms with Gasteiger partial charge in [-0.25, -0.2) is 0 Å². The van der Waals surface area contributed by atoms with E-state index in [1.807, 2.05) is 35.7 Å². The number of nitrogens with zero attached hydrogens (tertiary/aromatic N) is 1. The summed E-state index contributed by atoms with van der Waals surface area (Å²) in [6, 6.07) is 5.82. The molecule has 0 bridgehead atoms. The van der Waals surface area contributed by atoms with Crippen LogP contribution in [0.2, 0.25) is 0 Å². The largest absolute Gasteiger partial charge is 0.399 e. The maximum Gasteiger partial charge on any atom is 0.254 e. The number of ether oxygens (including phenoxy) is 1. The zero-order valence-corrected chi connectivity index (χ0v) is 12.9. The van der Waals surface area contributed by atoms with E-state index in [1.165, 1.54) is 0 Å². The smallest absolute Gasteiger partial charge is 0.254 e. The molecule has 5 heteroatoms. The number of nitrogen functional groups attached to an aromatic ring is 1. The summed E-state index contributed by atoms with van der Waals surface area (Å²) < 4.78 is 5.15. The van der Waals surface area contributed by atoms with Crippen LogP contribution < -0.4 is 5.73 Å². The predicted molar refractivity (Wildman–Crippen MR) is 84.2 cm³/mol. The van der Waals surface area contributed by atoms with Gasteiger partial charge in [0.1, 0.15) is 0 Å². The van der Waals surface area contributed by atoms with Crippen LogP contribution >= 0.6 is 11.8 Å². The van der Waals surface area contributed by atoms with Crippen LogP contribution in [0.3, 0.4) is 0 Å². The lowest BCUT2D eigenvalue weighted by atomic mass is 10.1. The molecular formula is C15H22N2O2S. The molecule has 0 radical (unpaired) electrons. The first-order chi connectivity index (χ1) is 9.63. The van der Waals surface area contributed by atoms with Crippen molar-refractivity contribution in [3.05, 3.63) is 29.3 Å². The van der Waals surface area contributed by atoms with Gasteiger partial charge < -0.3 is 15.4 Å². The maximum atomic E-state index is 12.8. The van der Waals surface area contributed by atoms with Crippen molar-refractivity contribution in [2.45, 2.75) is 19.4 Å². The van der Waals surface area contributed by atoms with Gasteiger partial charge in [-0.15, -0.1) is 0 Å². The SMILES string of the molecule is COCCN(C(=O)c1cc(N)ccc1C)C1CCSC1. The summed E-state index contributed by atoms with van der Waals surface area (Å²) in [4.78, 5) is 14.8. The van der Waals surface area contributed by atoms with E-state index in [1.54, 1.807) is 13.2 Å². The molecular weight excluding hydrogens is 272 g/mol. The first-order valence-electron chi connectivity index (χ1n) is 6.87. The average Bonchev–Trinajstić information content (AvgIpc) is 2.95. The van der Waals surface area contributed by atoms with Crippen molar-refractivity contribution >= 4 is 23.4 Å². The predicted octanol–water partition coefficient (Wildman–Crippen LogP) is 2.17. The molecule has 20 heavy (non-hydrogen) atoms. The summed E-state index contributed by atoms with van der Waals surface area (Å²) in [5, 5.41) is 0. The van der Waals surface area contributed by atoms with Crippen molar-refractivity contribution in [3.8, 4) is 0 Å². The Labute approximate surface area is 124 Å². The minimum Gasteiger partial charge on any atom is -0.399 e. The number of hydrogen-bond acceptors (Lipinski definition) is 4. The van der Waals surface area contributed by atoms with Crippen LogP contribution in [0, 0.1) is 6.92 Å². The number of hydrogen-bond donors (Lipinski definition) is 1. The lowest BCUT2D eigenvalue weighted by molar-refractivity contribution is 0.0624. The lowest BCUT2D eigenvalue weighted by Crippen LogP contribution is -2.42. The van der Waals surface area contributed by atoms with Crippen LogP contribution in [0.15, 0.2) is 18.2 Å². The number of amides is 1. The van der Waals surface area contributed by atoms with Gasteiger partial charge in [0.05, 0.1) is 6.61 Å². The standard InChI is InChI=1S/C15H22N2O2S/c1-11-3-4-12(16)9-14(11)15(18)17(6-7-19-2)13-5-8-20-10-13/h3-4,9,13H,5-8,10,16H2,1-2H3. The average molecular weight is 294 g/mol.